The zero-order chi connectivity index (χ0) is 14.4. The number of carbonyl (C=O) groups excluding carboxylic acids is 1. The van der Waals surface area contributed by atoms with Crippen molar-refractivity contribution in [2.75, 3.05) is 14.1 Å². The first kappa shape index (κ1) is 15.5. The largest absolute Gasteiger partial charge is 0.491 e. The molecule has 1 unspecified atom stereocenters. The van der Waals surface area contributed by atoms with Gasteiger partial charge in [-0.25, -0.2) is 0 Å². The van der Waals surface area contributed by atoms with Gasteiger partial charge in [0.25, 0.3) is 0 Å². The van der Waals surface area contributed by atoms with Crippen LogP contribution in [-0.4, -0.2) is 37.0 Å². The number of hydrogen-bond donors (Lipinski definition) is 1. The number of ether oxygens (including phenoxy) is 1. The van der Waals surface area contributed by atoms with Crippen molar-refractivity contribution in [1.82, 2.24) is 10.2 Å². The number of carbonyl (C=O) groups is 1. The van der Waals surface area contributed by atoms with E-state index in [4.69, 9.17) is 4.74 Å². The van der Waals surface area contributed by atoms with E-state index in [0.29, 0.717) is 6.54 Å². The van der Waals surface area contributed by atoms with E-state index >= 15 is 0 Å². The lowest BCUT2D eigenvalue weighted by atomic mass is 10.2. The predicted molar refractivity (Wildman–Crippen MR) is 77.2 cm³/mol. The lowest BCUT2D eigenvalue weighted by Gasteiger charge is -2.18. The highest BCUT2D eigenvalue weighted by molar-refractivity contribution is 5.80. The van der Waals surface area contributed by atoms with Crippen molar-refractivity contribution in [1.29, 1.82) is 0 Å². The average molecular weight is 264 g/mol. The second-order valence-electron chi connectivity index (χ2n) is 5.15. The molecular weight excluding hydrogens is 240 g/mol. The number of likely N-dealkylation sites (N-methyl/N-ethyl adjacent to an activating group) is 1. The van der Waals surface area contributed by atoms with Crippen LogP contribution in [0.5, 0.6) is 5.75 Å². The molecule has 0 saturated carbocycles. The Morgan fingerprint density at radius 3 is 2.26 bits per heavy atom. The molecule has 106 valence electrons. The average Bonchev–Trinajstić information content (AvgIpc) is 2.35. The van der Waals surface area contributed by atoms with Crippen LogP contribution in [0, 0.1) is 0 Å². The van der Waals surface area contributed by atoms with Crippen LogP contribution in [0.2, 0.25) is 0 Å². The molecule has 0 aliphatic heterocycles. The number of hydrogen-bond acceptors (Lipinski definition) is 3. The summed E-state index contributed by atoms with van der Waals surface area (Å²) in [7, 11) is 3.52. The topological polar surface area (TPSA) is 41.6 Å². The molecule has 4 heteroatoms. The summed E-state index contributed by atoms with van der Waals surface area (Å²) in [5, 5.41) is 3.21. The van der Waals surface area contributed by atoms with Gasteiger partial charge < -0.3 is 15.0 Å². The molecule has 1 aromatic rings. The van der Waals surface area contributed by atoms with Gasteiger partial charge in [0.15, 0.2) is 0 Å². The van der Waals surface area contributed by atoms with Crippen molar-refractivity contribution >= 4 is 5.91 Å². The van der Waals surface area contributed by atoms with Crippen LogP contribution in [0.25, 0.3) is 0 Å². The Hall–Kier alpha value is -1.55. The molecule has 1 rings (SSSR count). The number of nitrogens with one attached hydrogen (secondary N) is 1. The highest BCUT2D eigenvalue weighted by atomic mass is 16.5. The Morgan fingerprint density at radius 1 is 1.21 bits per heavy atom. The summed E-state index contributed by atoms with van der Waals surface area (Å²) >= 11 is 0. The summed E-state index contributed by atoms with van der Waals surface area (Å²) in [4.78, 5) is 13.3. The molecule has 0 saturated heterocycles. The molecule has 0 aliphatic rings. The smallest absolute Gasteiger partial charge is 0.238 e. The molecule has 0 bridgehead atoms. The normalized spacial score (nSPS) is 12.3. The van der Waals surface area contributed by atoms with Gasteiger partial charge in [0.1, 0.15) is 5.75 Å². The first-order valence-electron chi connectivity index (χ1n) is 6.60. The minimum absolute atomic E-state index is 0.0831. The van der Waals surface area contributed by atoms with Crippen LogP contribution in [-0.2, 0) is 11.3 Å². The lowest BCUT2D eigenvalue weighted by Crippen LogP contribution is -2.41. The van der Waals surface area contributed by atoms with Crippen LogP contribution in [0.1, 0.15) is 26.3 Å². The fourth-order valence-electron chi connectivity index (χ4n) is 1.70. The number of amides is 1. The Kier molecular flexibility index (Phi) is 5.83. The molecule has 19 heavy (non-hydrogen) atoms. The van der Waals surface area contributed by atoms with Gasteiger partial charge in [-0.15, -0.1) is 0 Å². The number of nitrogens with zero attached hydrogens (tertiary/aromatic N) is 1. The van der Waals surface area contributed by atoms with Crippen LogP contribution < -0.4 is 10.1 Å². The highest BCUT2D eigenvalue weighted by Crippen LogP contribution is 2.13. The molecule has 0 heterocycles. The maximum absolute atomic E-state index is 11.7. The van der Waals surface area contributed by atoms with Gasteiger partial charge in [0, 0.05) is 20.6 Å². The zero-order valence-electron chi connectivity index (χ0n) is 12.4. The van der Waals surface area contributed by atoms with Gasteiger partial charge in [-0.2, -0.15) is 0 Å². The van der Waals surface area contributed by atoms with E-state index in [1.54, 1.807) is 19.0 Å². The first-order chi connectivity index (χ1) is 8.90. The Bertz CT molecular complexity index is 399. The summed E-state index contributed by atoms with van der Waals surface area (Å²) in [6.07, 6.45) is 0.182. The van der Waals surface area contributed by atoms with Crippen molar-refractivity contribution in [3.8, 4) is 5.75 Å². The standard InChI is InChI=1S/C15H24N2O2/c1-11(2)19-14-8-6-13(7-9-14)10-16-12(3)15(18)17(4)5/h6-9,11-12,16H,10H2,1-5H3. The number of benzene rings is 1. The van der Waals surface area contributed by atoms with E-state index in [2.05, 4.69) is 5.32 Å². The van der Waals surface area contributed by atoms with Gasteiger partial charge in [0.05, 0.1) is 12.1 Å². The number of rotatable bonds is 6. The molecule has 1 aromatic carbocycles. The fraction of sp³-hybridized carbons (Fsp3) is 0.533. The Balaban J connectivity index is 2.48. The SMILES string of the molecule is CC(C)Oc1ccc(CNC(C)C(=O)N(C)C)cc1. The summed E-state index contributed by atoms with van der Waals surface area (Å²) in [5.41, 5.74) is 1.13. The minimum Gasteiger partial charge on any atom is -0.491 e. The third-order valence-electron chi connectivity index (χ3n) is 2.72. The Morgan fingerprint density at radius 2 is 1.79 bits per heavy atom. The van der Waals surface area contributed by atoms with Crippen LogP contribution in [0.3, 0.4) is 0 Å². The molecule has 1 amide bonds. The van der Waals surface area contributed by atoms with E-state index in [1.165, 1.54) is 0 Å². The van der Waals surface area contributed by atoms with Crippen LogP contribution >= 0.6 is 0 Å². The molecule has 0 aromatic heterocycles. The molecule has 0 radical (unpaired) electrons. The fourth-order valence-corrected chi connectivity index (χ4v) is 1.70. The van der Waals surface area contributed by atoms with E-state index < -0.39 is 0 Å². The van der Waals surface area contributed by atoms with Gasteiger partial charge in [-0.1, -0.05) is 12.1 Å². The second kappa shape index (κ2) is 7.14. The van der Waals surface area contributed by atoms with Crippen LogP contribution in [0.4, 0.5) is 0 Å². The quantitative estimate of drug-likeness (QED) is 0.855. The van der Waals surface area contributed by atoms with E-state index in [0.717, 1.165) is 11.3 Å². The van der Waals surface area contributed by atoms with Gasteiger partial charge >= 0.3 is 0 Å². The molecule has 4 nitrogen and oxygen atoms in total. The molecule has 0 aliphatic carbocycles. The molecule has 1 N–H and O–H groups in total. The molecule has 1 atom stereocenters. The lowest BCUT2D eigenvalue weighted by molar-refractivity contribution is -0.130. The first-order valence-corrected chi connectivity index (χ1v) is 6.60. The Labute approximate surface area is 115 Å². The molecule has 0 fully saturated rings. The van der Waals surface area contributed by atoms with Crippen molar-refractivity contribution in [2.45, 2.75) is 39.5 Å². The molecule has 0 spiro atoms. The predicted octanol–water partition coefficient (Wildman–Crippen LogP) is 2.04. The monoisotopic (exact) mass is 264 g/mol. The van der Waals surface area contributed by atoms with Crippen molar-refractivity contribution < 1.29 is 9.53 Å². The van der Waals surface area contributed by atoms with Gasteiger partial charge in [-0.05, 0) is 38.5 Å². The third-order valence-corrected chi connectivity index (χ3v) is 2.72. The van der Waals surface area contributed by atoms with E-state index in [-0.39, 0.29) is 18.1 Å². The van der Waals surface area contributed by atoms with Crippen molar-refractivity contribution in [2.24, 2.45) is 0 Å². The van der Waals surface area contributed by atoms with Crippen LogP contribution in [0.15, 0.2) is 24.3 Å². The minimum atomic E-state index is -0.179. The summed E-state index contributed by atoms with van der Waals surface area (Å²) in [5.74, 6) is 0.955. The summed E-state index contributed by atoms with van der Waals surface area (Å²) < 4.78 is 5.58. The van der Waals surface area contributed by atoms with E-state index in [9.17, 15) is 4.79 Å². The molecular formula is C15H24N2O2. The zero-order valence-corrected chi connectivity index (χ0v) is 12.4. The highest BCUT2D eigenvalue weighted by Gasteiger charge is 2.13. The van der Waals surface area contributed by atoms with Gasteiger partial charge in [0.2, 0.25) is 5.91 Å². The summed E-state index contributed by atoms with van der Waals surface area (Å²) in [6.45, 7) is 6.55. The van der Waals surface area contributed by atoms with E-state index in [1.807, 2.05) is 45.0 Å². The maximum Gasteiger partial charge on any atom is 0.238 e. The van der Waals surface area contributed by atoms with Gasteiger partial charge in [-0.3, -0.25) is 4.79 Å². The second-order valence-corrected chi connectivity index (χ2v) is 5.15. The maximum atomic E-state index is 11.7. The van der Waals surface area contributed by atoms with Crippen molar-refractivity contribution in [3.05, 3.63) is 29.8 Å². The third kappa shape index (κ3) is 5.30. The van der Waals surface area contributed by atoms with Crippen molar-refractivity contribution in [3.63, 3.8) is 0 Å². The summed E-state index contributed by atoms with van der Waals surface area (Å²) in [6, 6.07) is 7.75.